The molecule has 0 saturated heterocycles. The first-order chi connectivity index (χ1) is 39.5. The van der Waals surface area contributed by atoms with E-state index < -0.39 is 6.10 Å². The monoisotopic (exact) mass is 1120 g/mol. The van der Waals surface area contributed by atoms with Gasteiger partial charge < -0.3 is 14.2 Å². The van der Waals surface area contributed by atoms with E-state index in [1.807, 2.05) is 0 Å². The summed E-state index contributed by atoms with van der Waals surface area (Å²) in [4.78, 5) is 38.2. The molecule has 6 nitrogen and oxygen atoms in total. The zero-order chi connectivity index (χ0) is 57.8. The first kappa shape index (κ1) is 77.4. The average Bonchev–Trinajstić information content (AvgIpc) is 3.46. The maximum atomic E-state index is 12.9. The smallest absolute Gasteiger partial charge is 0.306 e. The Morgan fingerprint density at radius 1 is 0.263 bits per heavy atom. The van der Waals surface area contributed by atoms with Crippen LogP contribution in [0.15, 0.2) is 48.6 Å². The number of allylic oxidation sites excluding steroid dienone is 8. The fourth-order valence-corrected chi connectivity index (χ4v) is 10.8. The van der Waals surface area contributed by atoms with E-state index in [9.17, 15) is 14.4 Å². The lowest BCUT2D eigenvalue weighted by Crippen LogP contribution is -2.30. The molecular formula is C74H136O6. The first-order valence-electron chi connectivity index (χ1n) is 35.6. The van der Waals surface area contributed by atoms with Crippen LogP contribution in [0.5, 0.6) is 0 Å². The van der Waals surface area contributed by atoms with Gasteiger partial charge in [0.2, 0.25) is 0 Å². The molecule has 6 heteroatoms. The maximum Gasteiger partial charge on any atom is 0.306 e. The van der Waals surface area contributed by atoms with Crippen molar-refractivity contribution in [2.24, 2.45) is 0 Å². The Bertz CT molecular complexity index is 1380. The van der Waals surface area contributed by atoms with Gasteiger partial charge >= 0.3 is 17.9 Å². The molecule has 0 radical (unpaired) electrons. The third-order valence-electron chi connectivity index (χ3n) is 16.1. The molecule has 0 amide bonds. The molecule has 0 aliphatic carbocycles. The summed E-state index contributed by atoms with van der Waals surface area (Å²) in [6.07, 6.45) is 87.6. The van der Waals surface area contributed by atoms with Gasteiger partial charge in [-0.25, -0.2) is 0 Å². The van der Waals surface area contributed by atoms with Gasteiger partial charge in [0.05, 0.1) is 0 Å². The zero-order valence-electron chi connectivity index (χ0n) is 53.9. The van der Waals surface area contributed by atoms with Crippen molar-refractivity contribution in [2.75, 3.05) is 13.2 Å². The fourth-order valence-electron chi connectivity index (χ4n) is 10.8. The number of hydrogen-bond donors (Lipinski definition) is 0. The van der Waals surface area contributed by atoms with Crippen molar-refractivity contribution < 1.29 is 28.6 Å². The van der Waals surface area contributed by atoms with E-state index in [1.165, 1.54) is 263 Å². The third kappa shape index (κ3) is 66.2. The number of hydrogen-bond acceptors (Lipinski definition) is 6. The highest BCUT2D eigenvalue weighted by molar-refractivity contribution is 5.71. The molecule has 0 aromatic heterocycles. The molecule has 0 aromatic rings. The van der Waals surface area contributed by atoms with Crippen LogP contribution in [0.25, 0.3) is 0 Å². The van der Waals surface area contributed by atoms with Crippen LogP contribution in [0.2, 0.25) is 0 Å². The van der Waals surface area contributed by atoms with Gasteiger partial charge in [-0.2, -0.15) is 0 Å². The van der Waals surface area contributed by atoms with E-state index in [1.54, 1.807) is 0 Å². The number of rotatable bonds is 66. The number of esters is 3. The van der Waals surface area contributed by atoms with Crippen molar-refractivity contribution in [1.29, 1.82) is 0 Å². The zero-order valence-corrected chi connectivity index (χ0v) is 53.9. The Kier molecular flexibility index (Phi) is 66.6. The standard InChI is InChI=1S/C74H136O6/c1-4-7-10-13-16-18-20-22-24-26-28-30-32-33-34-35-36-37-38-39-40-41-42-44-45-47-49-51-53-55-58-61-64-67-73(76)79-70-71(69-78-72(75)66-63-60-57-15-12-9-6-3)80-74(77)68-65-62-59-56-54-52-50-48-46-43-31-29-27-25-23-21-19-17-14-11-8-5-2/h7,10,16,18,22,24,28,30,71H,4-6,8-9,11-15,17,19-21,23,25-27,29,31-70H2,1-3H3/b10-7-,18-16-,24-22-,30-28-. The predicted octanol–water partition coefficient (Wildman–Crippen LogP) is 24.5. The van der Waals surface area contributed by atoms with Crippen LogP contribution < -0.4 is 0 Å². The van der Waals surface area contributed by atoms with Crippen molar-refractivity contribution in [3.05, 3.63) is 48.6 Å². The SMILES string of the molecule is CC/C=C\C/C=C\C/C=C\C/C=C\CCCCCCCCCCCCCCCCCCCCCCC(=O)OCC(COC(=O)CCCCCCCCC)OC(=O)CCCCCCCCCCCCCCCCCCCCCCCC. The molecule has 0 rings (SSSR count). The minimum Gasteiger partial charge on any atom is -0.462 e. The van der Waals surface area contributed by atoms with Gasteiger partial charge in [0.25, 0.3) is 0 Å². The highest BCUT2D eigenvalue weighted by Crippen LogP contribution is 2.19. The molecule has 0 aromatic carbocycles. The minimum atomic E-state index is -0.766. The van der Waals surface area contributed by atoms with E-state index >= 15 is 0 Å². The van der Waals surface area contributed by atoms with E-state index in [2.05, 4.69) is 69.4 Å². The second-order valence-electron chi connectivity index (χ2n) is 24.1. The van der Waals surface area contributed by atoms with Crippen LogP contribution in [-0.4, -0.2) is 37.2 Å². The average molecular weight is 1120 g/mol. The minimum absolute atomic E-state index is 0.0655. The van der Waals surface area contributed by atoms with Crippen LogP contribution in [0, 0.1) is 0 Å². The molecule has 0 aliphatic rings. The van der Waals surface area contributed by atoms with Crippen LogP contribution >= 0.6 is 0 Å². The van der Waals surface area contributed by atoms with Crippen molar-refractivity contribution in [1.82, 2.24) is 0 Å². The Balaban J connectivity index is 3.97. The van der Waals surface area contributed by atoms with Gasteiger partial charge in [-0.05, 0) is 57.8 Å². The van der Waals surface area contributed by atoms with E-state index in [0.29, 0.717) is 19.3 Å². The summed E-state index contributed by atoms with van der Waals surface area (Å²) in [5.74, 6) is -0.844. The molecule has 0 fully saturated rings. The topological polar surface area (TPSA) is 78.9 Å². The summed E-state index contributed by atoms with van der Waals surface area (Å²) in [5, 5.41) is 0. The molecule has 1 unspecified atom stereocenters. The first-order valence-corrected chi connectivity index (χ1v) is 35.6. The van der Waals surface area contributed by atoms with Crippen LogP contribution in [0.1, 0.15) is 387 Å². The molecule has 0 aliphatic heterocycles. The van der Waals surface area contributed by atoms with Gasteiger partial charge in [-0.1, -0.05) is 358 Å². The Labute approximate surface area is 498 Å². The van der Waals surface area contributed by atoms with E-state index in [4.69, 9.17) is 14.2 Å². The molecule has 0 saturated carbocycles. The molecule has 468 valence electrons. The second-order valence-corrected chi connectivity index (χ2v) is 24.1. The molecule has 0 heterocycles. The van der Waals surface area contributed by atoms with E-state index in [0.717, 1.165) is 83.5 Å². The van der Waals surface area contributed by atoms with Gasteiger partial charge in [0, 0.05) is 19.3 Å². The van der Waals surface area contributed by atoms with Crippen LogP contribution in [0.3, 0.4) is 0 Å². The summed E-state index contributed by atoms with van der Waals surface area (Å²) >= 11 is 0. The fraction of sp³-hybridized carbons (Fsp3) is 0.851. The highest BCUT2D eigenvalue weighted by Gasteiger charge is 2.19. The summed E-state index contributed by atoms with van der Waals surface area (Å²) in [7, 11) is 0. The van der Waals surface area contributed by atoms with Crippen LogP contribution in [-0.2, 0) is 28.6 Å². The van der Waals surface area contributed by atoms with Crippen molar-refractivity contribution in [2.45, 2.75) is 393 Å². The van der Waals surface area contributed by atoms with Gasteiger partial charge in [0.1, 0.15) is 13.2 Å². The summed E-state index contributed by atoms with van der Waals surface area (Å²) < 4.78 is 16.9. The van der Waals surface area contributed by atoms with Gasteiger partial charge in [-0.3, -0.25) is 14.4 Å². The highest BCUT2D eigenvalue weighted by atomic mass is 16.6. The number of carbonyl (C=O) groups is 3. The summed E-state index contributed by atoms with van der Waals surface area (Å²) in [6.45, 7) is 6.56. The number of unbranched alkanes of at least 4 members (excludes halogenated alkanes) is 47. The lowest BCUT2D eigenvalue weighted by molar-refractivity contribution is -0.167. The molecule has 1 atom stereocenters. The Morgan fingerprint density at radius 2 is 0.487 bits per heavy atom. The second kappa shape index (κ2) is 68.9. The molecule has 0 spiro atoms. The van der Waals surface area contributed by atoms with Crippen molar-refractivity contribution in [3.63, 3.8) is 0 Å². The molecule has 0 bridgehead atoms. The number of carbonyl (C=O) groups excluding carboxylic acids is 3. The maximum absolute atomic E-state index is 12.9. The Hall–Kier alpha value is -2.63. The van der Waals surface area contributed by atoms with Gasteiger partial charge in [-0.15, -0.1) is 0 Å². The molecule has 80 heavy (non-hydrogen) atoms. The van der Waals surface area contributed by atoms with Crippen molar-refractivity contribution >= 4 is 17.9 Å². The quantitative estimate of drug-likeness (QED) is 0.0261. The predicted molar refractivity (Wildman–Crippen MR) is 349 cm³/mol. The largest absolute Gasteiger partial charge is 0.462 e. The lowest BCUT2D eigenvalue weighted by Gasteiger charge is -2.18. The summed E-state index contributed by atoms with van der Waals surface area (Å²) in [5.41, 5.74) is 0. The normalized spacial score (nSPS) is 12.3. The van der Waals surface area contributed by atoms with Crippen LogP contribution in [0.4, 0.5) is 0 Å². The Morgan fingerprint density at radius 3 is 0.762 bits per heavy atom. The summed E-state index contributed by atoms with van der Waals surface area (Å²) in [6, 6.07) is 0. The van der Waals surface area contributed by atoms with Gasteiger partial charge in [0.15, 0.2) is 6.10 Å². The molecular weight excluding hydrogens is 985 g/mol. The lowest BCUT2D eigenvalue weighted by atomic mass is 10.0. The third-order valence-corrected chi connectivity index (χ3v) is 16.1. The number of ether oxygens (including phenoxy) is 3. The van der Waals surface area contributed by atoms with Crippen molar-refractivity contribution in [3.8, 4) is 0 Å². The van der Waals surface area contributed by atoms with E-state index in [-0.39, 0.29) is 31.1 Å². The molecule has 0 N–H and O–H groups in total.